The second-order valence-corrected chi connectivity index (χ2v) is 5.98. The first kappa shape index (κ1) is 13.1. The summed E-state index contributed by atoms with van der Waals surface area (Å²) in [5.74, 6) is 0.722. The van der Waals surface area contributed by atoms with E-state index in [2.05, 4.69) is 64.5 Å². The summed E-state index contributed by atoms with van der Waals surface area (Å²) in [5, 5.41) is 3.52. The third-order valence-electron chi connectivity index (χ3n) is 3.55. The van der Waals surface area contributed by atoms with E-state index in [9.17, 15) is 0 Å². The molecule has 17 heavy (non-hydrogen) atoms. The Balaban J connectivity index is 2.18. The number of hydrogen-bond donors (Lipinski definition) is 1. The van der Waals surface area contributed by atoms with Crippen molar-refractivity contribution in [3.8, 4) is 0 Å². The molecule has 1 fully saturated rings. The highest BCUT2D eigenvalue weighted by molar-refractivity contribution is 9.10. The summed E-state index contributed by atoms with van der Waals surface area (Å²) in [7, 11) is 4.36. The lowest BCUT2D eigenvalue weighted by Gasteiger charge is -2.35. The Labute approximate surface area is 113 Å². The lowest BCUT2D eigenvalue weighted by Crippen LogP contribution is -2.38. The summed E-state index contributed by atoms with van der Waals surface area (Å²) < 4.78 is 1.15. The lowest BCUT2D eigenvalue weighted by molar-refractivity contribution is 0.181. The molecule has 0 aromatic heterocycles. The lowest BCUT2D eigenvalue weighted by atomic mass is 9.86. The van der Waals surface area contributed by atoms with Crippen LogP contribution in [-0.2, 0) is 0 Å². The van der Waals surface area contributed by atoms with Gasteiger partial charge in [0.05, 0.1) is 0 Å². The van der Waals surface area contributed by atoms with Crippen molar-refractivity contribution in [2.24, 2.45) is 5.92 Å². The molecular formula is C14H21BrN2. The molecule has 0 spiro atoms. The van der Waals surface area contributed by atoms with Crippen molar-refractivity contribution in [2.75, 3.05) is 27.2 Å². The maximum absolute atomic E-state index is 3.52. The van der Waals surface area contributed by atoms with Crippen molar-refractivity contribution in [3.05, 3.63) is 34.3 Å². The predicted molar refractivity (Wildman–Crippen MR) is 76.2 cm³/mol. The summed E-state index contributed by atoms with van der Waals surface area (Å²) in [6.45, 7) is 2.32. The number of hydrogen-bond acceptors (Lipinski definition) is 2. The molecule has 1 aliphatic heterocycles. The molecule has 1 saturated heterocycles. The summed E-state index contributed by atoms with van der Waals surface area (Å²) in [4.78, 5) is 2.35. The third kappa shape index (κ3) is 3.30. The molecule has 2 rings (SSSR count). The van der Waals surface area contributed by atoms with Crippen LogP contribution in [0.25, 0.3) is 0 Å². The third-order valence-corrected chi connectivity index (χ3v) is 4.08. The second-order valence-electron chi connectivity index (χ2n) is 5.07. The number of benzene rings is 1. The fourth-order valence-electron chi connectivity index (χ4n) is 2.80. The van der Waals surface area contributed by atoms with E-state index in [1.165, 1.54) is 24.9 Å². The van der Waals surface area contributed by atoms with E-state index in [-0.39, 0.29) is 0 Å². The summed E-state index contributed by atoms with van der Waals surface area (Å²) in [6, 6.07) is 9.28. The van der Waals surface area contributed by atoms with Gasteiger partial charge in [0.2, 0.25) is 0 Å². The van der Waals surface area contributed by atoms with Gasteiger partial charge in [0.1, 0.15) is 0 Å². The largest absolute Gasteiger partial charge is 0.316 e. The highest BCUT2D eigenvalue weighted by atomic mass is 79.9. The van der Waals surface area contributed by atoms with Gasteiger partial charge in [-0.15, -0.1) is 0 Å². The van der Waals surface area contributed by atoms with Gasteiger partial charge >= 0.3 is 0 Å². The highest BCUT2D eigenvalue weighted by Gasteiger charge is 2.26. The van der Waals surface area contributed by atoms with Crippen molar-refractivity contribution in [1.82, 2.24) is 10.2 Å². The van der Waals surface area contributed by atoms with Gasteiger partial charge in [0.15, 0.2) is 0 Å². The van der Waals surface area contributed by atoms with Crippen LogP contribution < -0.4 is 5.32 Å². The van der Waals surface area contributed by atoms with Gasteiger partial charge in [0, 0.05) is 10.5 Å². The van der Waals surface area contributed by atoms with Gasteiger partial charge in [-0.05, 0) is 63.6 Å². The highest BCUT2D eigenvalue weighted by Crippen LogP contribution is 2.31. The fourth-order valence-corrected chi connectivity index (χ4v) is 3.06. The number of halogens is 1. The normalized spacial score (nSPS) is 22.7. The molecule has 0 radical (unpaired) electrons. The molecule has 0 bridgehead atoms. The first-order valence-corrected chi connectivity index (χ1v) is 7.10. The van der Waals surface area contributed by atoms with E-state index in [1.54, 1.807) is 0 Å². The van der Waals surface area contributed by atoms with Crippen LogP contribution >= 0.6 is 15.9 Å². The number of nitrogens with one attached hydrogen (secondary N) is 1. The van der Waals surface area contributed by atoms with Gasteiger partial charge < -0.3 is 10.2 Å². The Kier molecular flexibility index (Phi) is 4.60. The van der Waals surface area contributed by atoms with E-state index in [0.717, 1.165) is 16.9 Å². The minimum Gasteiger partial charge on any atom is -0.316 e. The quantitative estimate of drug-likeness (QED) is 0.922. The summed E-state index contributed by atoms with van der Waals surface area (Å²) >= 11 is 3.50. The van der Waals surface area contributed by atoms with Crippen molar-refractivity contribution in [3.63, 3.8) is 0 Å². The van der Waals surface area contributed by atoms with Gasteiger partial charge in [-0.25, -0.2) is 0 Å². The van der Waals surface area contributed by atoms with Crippen LogP contribution in [0.5, 0.6) is 0 Å². The van der Waals surface area contributed by atoms with Crippen LogP contribution in [0.4, 0.5) is 0 Å². The zero-order chi connectivity index (χ0) is 12.3. The van der Waals surface area contributed by atoms with Crippen molar-refractivity contribution < 1.29 is 0 Å². The molecule has 0 amide bonds. The summed E-state index contributed by atoms with van der Waals surface area (Å²) in [6.07, 6.45) is 2.62. The minimum atomic E-state index is 0.524. The Morgan fingerprint density at radius 1 is 1.29 bits per heavy atom. The van der Waals surface area contributed by atoms with Crippen LogP contribution in [0.3, 0.4) is 0 Å². The standard InChI is InChI=1S/C14H21BrN2/c1-17(2)14(12-4-3-9-16-10-12)11-5-7-13(15)8-6-11/h5-8,12,14,16H,3-4,9-10H2,1-2H3. The molecule has 0 aliphatic carbocycles. The summed E-state index contributed by atoms with van der Waals surface area (Å²) in [5.41, 5.74) is 1.42. The molecule has 94 valence electrons. The predicted octanol–water partition coefficient (Wildman–Crippen LogP) is 3.05. The zero-order valence-corrected chi connectivity index (χ0v) is 12.2. The van der Waals surface area contributed by atoms with Gasteiger partial charge in [-0.1, -0.05) is 28.1 Å². The fraction of sp³-hybridized carbons (Fsp3) is 0.571. The van der Waals surface area contributed by atoms with E-state index in [1.807, 2.05) is 0 Å². The van der Waals surface area contributed by atoms with Gasteiger partial charge in [0.25, 0.3) is 0 Å². The number of rotatable bonds is 3. The Morgan fingerprint density at radius 3 is 2.53 bits per heavy atom. The molecular weight excluding hydrogens is 276 g/mol. The smallest absolute Gasteiger partial charge is 0.0382 e. The van der Waals surface area contributed by atoms with Crippen LogP contribution in [0.1, 0.15) is 24.4 Å². The zero-order valence-electron chi connectivity index (χ0n) is 10.6. The molecule has 0 saturated carbocycles. The van der Waals surface area contributed by atoms with E-state index in [4.69, 9.17) is 0 Å². The second kappa shape index (κ2) is 5.98. The number of nitrogens with zero attached hydrogens (tertiary/aromatic N) is 1. The maximum Gasteiger partial charge on any atom is 0.0382 e. The maximum atomic E-state index is 3.52. The molecule has 1 heterocycles. The average Bonchev–Trinajstić information content (AvgIpc) is 2.33. The average molecular weight is 297 g/mol. The topological polar surface area (TPSA) is 15.3 Å². The molecule has 2 unspecified atom stereocenters. The van der Waals surface area contributed by atoms with E-state index >= 15 is 0 Å². The molecule has 1 aromatic carbocycles. The van der Waals surface area contributed by atoms with Crippen LogP contribution in [0, 0.1) is 5.92 Å². The Hall–Kier alpha value is -0.380. The van der Waals surface area contributed by atoms with E-state index < -0.39 is 0 Å². The molecule has 2 nitrogen and oxygen atoms in total. The monoisotopic (exact) mass is 296 g/mol. The Morgan fingerprint density at radius 2 is 2.00 bits per heavy atom. The van der Waals surface area contributed by atoms with Crippen molar-refractivity contribution in [1.29, 1.82) is 0 Å². The van der Waals surface area contributed by atoms with Crippen LogP contribution in [0.2, 0.25) is 0 Å². The molecule has 1 aliphatic rings. The van der Waals surface area contributed by atoms with E-state index in [0.29, 0.717) is 6.04 Å². The first-order chi connectivity index (χ1) is 8.18. The van der Waals surface area contributed by atoms with Gasteiger partial charge in [-0.3, -0.25) is 0 Å². The molecule has 1 N–H and O–H groups in total. The molecule has 1 aromatic rings. The van der Waals surface area contributed by atoms with Gasteiger partial charge in [-0.2, -0.15) is 0 Å². The SMILES string of the molecule is CN(C)C(c1ccc(Br)cc1)C1CCCNC1. The molecule has 2 atom stereocenters. The van der Waals surface area contributed by atoms with Crippen molar-refractivity contribution >= 4 is 15.9 Å². The van der Waals surface area contributed by atoms with Crippen molar-refractivity contribution in [2.45, 2.75) is 18.9 Å². The molecule has 3 heteroatoms. The minimum absolute atomic E-state index is 0.524. The van der Waals surface area contributed by atoms with Crippen LogP contribution in [-0.4, -0.2) is 32.1 Å². The van der Waals surface area contributed by atoms with Crippen LogP contribution in [0.15, 0.2) is 28.7 Å². The first-order valence-electron chi connectivity index (χ1n) is 6.31. The Bertz CT molecular complexity index is 342. The number of piperidine rings is 1.